The number of pyridine rings is 1. The van der Waals surface area contributed by atoms with Crippen molar-refractivity contribution in [1.82, 2.24) is 19.9 Å². The molecule has 0 aromatic carbocycles. The van der Waals surface area contributed by atoms with Gasteiger partial charge in [0.25, 0.3) is 11.9 Å². The van der Waals surface area contributed by atoms with Crippen molar-refractivity contribution in [3.63, 3.8) is 0 Å². The second-order valence-electron chi connectivity index (χ2n) is 8.44. The molecule has 0 saturated carbocycles. The number of alkyl halides is 5. The molecule has 0 bridgehead atoms. The monoisotopic (exact) mass is 488 g/mol. The first-order valence-electron chi connectivity index (χ1n) is 9.78. The third-order valence-corrected chi connectivity index (χ3v) is 4.51. The van der Waals surface area contributed by atoms with Crippen LogP contribution in [-0.4, -0.2) is 49.9 Å². The Morgan fingerprint density at radius 2 is 1.76 bits per heavy atom. The Bertz CT molecular complexity index is 1100. The lowest BCUT2D eigenvalue weighted by atomic mass is 9.68. The molecule has 182 valence electrons. The van der Waals surface area contributed by atoms with Crippen LogP contribution in [0.1, 0.15) is 45.1 Å². The van der Waals surface area contributed by atoms with E-state index in [-0.39, 0.29) is 17.6 Å². The second-order valence-corrected chi connectivity index (χ2v) is 8.44. The molecule has 1 atom stereocenters. The maximum atomic E-state index is 14.8. The topological polar surface area (TPSA) is 105 Å². The molecule has 0 saturated heterocycles. The highest BCUT2D eigenvalue weighted by Gasteiger charge is 2.55. The van der Waals surface area contributed by atoms with E-state index in [1.807, 2.05) is 0 Å². The van der Waals surface area contributed by atoms with Gasteiger partial charge < -0.3 is 10.4 Å². The van der Waals surface area contributed by atoms with Crippen LogP contribution in [0.4, 0.5) is 43.9 Å². The molecule has 0 aliphatic heterocycles. The first-order valence-corrected chi connectivity index (χ1v) is 9.78. The van der Waals surface area contributed by atoms with Crippen molar-refractivity contribution in [2.45, 2.75) is 56.8 Å². The second kappa shape index (κ2) is 8.69. The third-order valence-electron chi connectivity index (χ3n) is 4.51. The van der Waals surface area contributed by atoms with Gasteiger partial charge in [-0.25, -0.2) is 18.7 Å². The number of halogens is 6. The van der Waals surface area contributed by atoms with Crippen LogP contribution in [0.15, 0.2) is 24.2 Å². The van der Waals surface area contributed by atoms with Crippen molar-refractivity contribution in [2.75, 3.05) is 10.8 Å². The molecule has 1 aliphatic carbocycles. The minimum atomic E-state index is -4.72. The fraction of sp³-hybridized carbons (Fsp3) is 0.474. The van der Waals surface area contributed by atoms with E-state index in [4.69, 9.17) is 12.7 Å². The van der Waals surface area contributed by atoms with E-state index in [2.05, 4.69) is 30.7 Å². The van der Waals surface area contributed by atoms with Crippen molar-refractivity contribution >= 4 is 31.0 Å². The maximum Gasteiger partial charge on any atom is 0.433 e. The summed E-state index contributed by atoms with van der Waals surface area (Å²) in [7, 11) is 5.13. The van der Waals surface area contributed by atoms with Crippen LogP contribution < -0.4 is 10.8 Å². The number of rotatable bonds is 5. The molecule has 34 heavy (non-hydrogen) atoms. The summed E-state index contributed by atoms with van der Waals surface area (Å²) in [4.78, 5) is 20.4. The van der Waals surface area contributed by atoms with Crippen molar-refractivity contribution in [3.05, 3.63) is 35.7 Å². The maximum absolute atomic E-state index is 14.8. The Labute approximate surface area is 191 Å². The zero-order chi connectivity index (χ0) is 25.5. The van der Waals surface area contributed by atoms with Crippen molar-refractivity contribution < 1.29 is 36.3 Å². The van der Waals surface area contributed by atoms with Gasteiger partial charge >= 0.3 is 6.18 Å². The molecule has 15 heteroatoms. The molecule has 2 radical (unpaired) electrons. The molecule has 8 nitrogen and oxygen atoms in total. The normalized spacial score (nSPS) is 20.9. The molecule has 2 aromatic rings. The molecule has 3 rings (SSSR count). The number of anilines is 3. The lowest BCUT2D eigenvalue weighted by molar-refractivity contribution is -0.141. The van der Waals surface area contributed by atoms with Crippen LogP contribution in [0.2, 0.25) is 0 Å². The fourth-order valence-electron chi connectivity index (χ4n) is 2.79. The standard InChI is InChI=1S/C19H19BF6N6O2/c1-16(2,3)34-32-15-30-13(10-4-6-17(22,23)18(20,33)12(10)21)29-14(31-15)28-9-5-7-27-11(8-9)19(24,25)26/h5,7-8,33H,4,6H2,1-3H3,(H2,27,28,29,30,31,32). The van der Waals surface area contributed by atoms with Crippen molar-refractivity contribution in [1.29, 1.82) is 0 Å². The number of aromatic nitrogens is 4. The molecular formula is C19H19BF6N6O2. The predicted octanol–water partition coefficient (Wildman–Crippen LogP) is 4.14. The van der Waals surface area contributed by atoms with Gasteiger partial charge in [0, 0.05) is 23.9 Å². The molecule has 0 amide bonds. The highest BCUT2D eigenvalue weighted by molar-refractivity contribution is 6.18. The van der Waals surface area contributed by atoms with Crippen LogP contribution >= 0.6 is 0 Å². The lowest BCUT2D eigenvalue weighted by Gasteiger charge is -2.36. The molecular weight excluding hydrogens is 469 g/mol. The summed E-state index contributed by atoms with van der Waals surface area (Å²) in [5.74, 6) is -6.87. The average Bonchev–Trinajstić information content (AvgIpc) is 2.70. The largest absolute Gasteiger partial charge is 0.433 e. The van der Waals surface area contributed by atoms with Crippen LogP contribution in [0.25, 0.3) is 5.57 Å². The minimum Gasteiger partial charge on any atom is -0.387 e. The van der Waals surface area contributed by atoms with E-state index in [9.17, 15) is 31.4 Å². The summed E-state index contributed by atoms with van der Waals surface area (Å²) in [6.07, 6.45) is -5.41. The number of aliphatic hydroxyl groups is 1. The van der Waals surface area contributed by atoms with Crippen LogP contribution in [0.3, 0.4) is 0 Å². The third kappa shape index (κ3) is 5.58. The summed E-state index contributed by atoms with van der Waals surface area (Å²) in [6.45, 7) is 5.03. The Hall–Kier alpha value is -2.94. The zero-order valence-corrected chi connectivity index (χ0v) is 18.1. The van der Waals surface area contributed by atoms with Crippen molar-refractivity contribution in [3.8, 4) is 0 Å². The highest BCUT2D eigenvalue weighted by Crippen LogP contribution is 2.46. The number of nitrogens with one attached hydrogen (secondary N) is 2. The van der Waals surface area contributed by atoms with Gasteiger partial charge in [-0.2, -0.15) is 28.1 Å². The first kappa shape index (κ1) is 25.7. The smallest absolute Gasteiger partial charge is 0.387 e. The van der Waals surface area contributed by atoms with Crippen LogP contribution in [0, 0.1) is 0 Å². The fourth-order valence-corrected chi connectivity index (χ4v) is 2.79. The first-order chi connectivity index (χ1) is 15.5. The summed E-state index contributed by atoms with van der Waals surface area (Å²) in [5, 5.41) is 12.3. The van der Waals surface area contributed by atoms with Gasteiger partial charge in [-0.05, 0) is 39.3 Å². The Balaban J connectivity index is 2.05. The van der Waals surface area contributed by atoms with E-state index in [1.165, 1.54) is 6.07 Å². The number of allylic oxidation sites excluding steroid dienone is 1. The molecule has 2 aromatic heterocycles. The minimum absolute atomic E-state index is 0.123. The molecule has 1 unspecified atom stereocenters. The van der Waals surface area contributed by atoms with Gasteiger partial charge in [0.1, 0.15) is 24.9 Å². The molecule has 0 fully saturated rings. The summed E-state index contributed by atoms with van der Waals surface area (Å²) < 4.78 is 81.5. The van der Waals surface area contributed by atoms with Gasteiger partial charge in [0.05, 0.1) is 5.60 Å². The molecule has 1 aliphatic rings. The zero-order valence-electron chi connectivity index (χ0n) is 18.1. The van der Waals surface area contributed by atoms with E-state index >= 15 is 0 Å². The number of hydrogen-bond acceptors (Lipinski definition) is 8. The van der Waals surface area contributed by atoms with Crippen LogP contribution in [-0.2, 0) is 11.0 Å². The van der Waals surface area contributed by atoms with Gasteiger partial charge in [-0.3, -0.25) is 9.82 Å². The quantitative estimate of drug-likeness (QED) is 0.328. The Morgan fingerprint density at radius 3 is 2.38 bits per heavy atom. The Kier molecular flexibility index (Phi) is 6.56. The predicted molar refractivity (Wildman–Crippen MR) is 110 cm³/mol. The highest BCUT2D eigenvalue weighted by atomic mass is 19.4. The summed E-state index contributed by atoms with van der Waals surface area (Å²) in [5.41, 5.74) is -3.79. The number of nitrogens with zero attached hydrogens (tertiary/aromatic N) is 4. The van der Waals surface area contributed by atoms with Gasteiger partial charge in [0.15, 0.2) is 5.82 Å². The van der Waals surface area contributed by atoms with Gasteiger partial charge in [-0.15, -0.1) is 0 Å². The Morgan fingerprint density at radius 1 is 1.12 bits per heavy atom. The SMILES string of the molecule is [B]C1(O)C(F)=C(c2nc(NOC(C)(C)C)nc(Nc3ccnc(C(F)(F)F)c3)n2)CCC1(F)F. The molecule has 2 heterocycles. The van der Waals surface area contributed by atoms with E-state index in [1.54, 1.807) is 20.8 Å². The van der Waals surface area contributed by atoms with Gasteiger partial charge in [0.2, 0.25) is 5.95 Å². The summed E-state index contributed by atoms with van der Waals surface area (Å²) >= 11 is 0. The van der Waals surface area contributed by atoms with Gasteiger partial charge in [-0.1, -0.05) is 0 Å². The van der Waals surface area contributed by atoms with E-state index in [0.717, 1.165) is 6.20 Å². The summed E-state index contributed by atoms with van der Waals surface area (Å²) in [6, 6.07) is 1.87. The van der Waals surface area contributed by atoms with E-state index in [0.29, 0.717) is 6.07 Å². The van der Waals surface area contributed by atoms with E-state index < -0.39 is 59.0 Å². The molecule has 3 N–H and O–H groups in total. The van der Waals surface area contributed by atoms with Crippen molar-refractivity contribution in [2.24, 2.45) is 0 Å². The number of hydrogen-bond donors (Lipinski definition) is 3. The molecule has 0 spiro atoms. The lowest BCUT2D eigenvalue weighted by Crippen LogP contribution is -2.51. The van der Waals surface area contributed by atoms with Crippen LogP contribution in [0.5, 0.6) is 0 Å². The average molecular weight is 488 g/mol.